The second-order valence-electron chi connectivity index (χ2n) is 2.98. The number of halogens is 3. The Morgan fingerprint density at radius 3 is 2.69 bits per heavy atom. The Kier molecular flexibility index (Phi) is 3.63. The molecule has 0 unspecified atom stereocenters. The van der Waals surface area contributed by atoms with Crippen molar-refractivity contribution in [2.45, 2.75) is 0 Å². The number of nitrogens with zero attached hydrogens (tertiary/aromatic N) is 2. The van der Waals surface area contributed by atoms with Gasteiger partial charge >= 0.3 is 0 Å². The van der Waals surface area contributed by atoms with Crippen LogP contribution >= 0.6 is 39.1 Å². The summed E-state index contributed by atoms with van der Waals surface area (Å²) >= 11 is 15.0. The molecule has 0 amide bonds. The van der Waals surface area contributed by atoms with Crippen LogP contribution in [0, 0.1) is 0 Å². The number of aromatic nitrogens is 2. The largest absolute Gasteiger partial charge is 0.338 e. The molecule has 0 spiro atoms. The minimum Gasteiger partial charge on any atom is -0.338 e. The summed E-state index contributed by atoms with van der Waals surface area (Å²) < 4.78 is 0.849. The van der Waals surface area contributed by atoms with E-state index in [4.69, 9.17) is 23.2 Å². The van der Waals surface area contributed by atoms with Crippen LogP contribution in [0.5, 0.6) is 0 Å². The molecule has 0 aliphatic carbocycles. The molecule has 0 aliphatic rings. The van der Waals surface area contributed by atoms with Crippen molar-refractivity contribution in [2.75, 3.05) is 5.32 Å². The van der Waals surface area contributed by atoms with Crippen LogP contribution in [0.25, 0.3) is 0 Å². The zero-order chi connectivity index (χ0) is 11.5. The van der Waals surface area contributed by atoms with Crippen LogP contribution in [0.2, 0.25) is 10.2 Å². The van der Waals surface area contributed by atoms with Gasteiger partial charge in [-0.05, 0) is 34.1 Å². The van der Waals surface area contributed by atoms with Crippen molar-refractivity contribution in [1.82, 2.24) is 9.97 Å². The first-order valence-electron chi connectivity index (χ1n) is 4.35. The summed E-state index contributed by atoms with van der Waals surface area (Å²) in [6, 6.07) is 5.42. The molecule has 3 nitrogen and oxygen atoms in total. The van der Waals surface area contributed by atoms with Gasteiger partial charge in [0.15, 0.2) is 5.82 Å². The van der Waals surface area contributed by atoms with E-state index >= 15 is 0 Å². The van der Waals surface area contributed by atoms with Crippen LogP contribution in [-0.4, -0.2) is 9.97 Å². The topological polar surface area (TPSA) is 37.8 Å². The first-order chi connectivity index (χ1) is 7.65. The number of hydrogen-bond acceptors (Lipinski definition) is 3. The third-order valence-electron chi connectivity index (χ3n) is 1.80. The highest BCUT2D eigenvalue weighted by molar-refractivity contribution is 9.10. The summed E-state index contributed by atoms with van der Waals surface area (Å²) in [7, 11) is 0. The minimum atomic E-state index is 0.343. The standard InChI is InChI=1S/C10H6BrCl2N3/c11-7-3-6(12)1-2-8(7)15-10-5-14-4-9(13)16-10/h1-5H,(H,15,16). The Labute approximate surface area is 111 Å². The second kappa shape index (κ2) is 4.99. The molecule has 0 bridgehead atoms. The molecule has 2 rings (SSSR count). The quantitative estimate of drug-likeness (QED) is 0.897. The van der Waals surface area contributed by atoms with Crippen molar-refractivity contribution in [3.8, 4) is 0 Å². The van der Waals surface area contributed by atoms with Gasteiger partial charge in [0.1, 0.15) is 5.15 Å². The predicted octanol–water partition coefficient (Wildman–Crippen LogP) is 4.29. The van der Waals surface area contributed by atoms with E-state index in [1.54, 1.807) is 18.3 Å². The van der Waals surface area contributed by atoms with Gasteiger partial charge in [0.2, 0.25) is 0 Å². The van der Waals surface area contributed by atoms with E-state index in [0.717, 1.165) is 10.2 Å². The third kappa shape index (κ3) is 2.84. The summed E-state index contributed by atoms with van der Waals surface area (Å²) in [5.74, 6) is 0.579. The van der Waals surface area contributed by atoms with Crippen LogP contribution in [0.1, 0.15) is 0 Å². The fourth-order valence-electron chi connectivity index (χ4n) is 1.13. The molecule has 1 N–H and O–H groups in total. The molecule has 6 heteroatoms. The van der Waals surface area contributed by atoms with Crippen LogP contribution in [-0.2, 0) is 0 Å². The van der Waals surface area contributed by atoms with Crippen molar-refractivity contribution in [2.24, 2.45) is 0 Å². The maximum Gasteiger partial charge on any atom is 0.150 e. The molecule has 2 aromatic rings. The molecule has 0 radical (unpaired) electrons. The molecule has 16 heavy (non-hydrogen) atoms. The highest BCUT2D eigenvalue weighted by Gasteiger charge is 2.02. The Morgan fingerprint density at radius 1 is 1.19 bits per heavy atom. The lowest BCUT2D eigenvalue weighted by molar-refractivity contribution is 1.20. The van der Waals surface area contributed by atoms with Gasteiger partial charge in [-0.2, -0.15) is 0 Å². The molecule has 0 atom stereocenters. The Morgan fingerprint density at radius 2 is 2.00 bits per heavy atom. The SMILES string of the molecule is Clc1ccc(Nc2cncc(Cl)n2)c(Br)c1. The van der Waals surface area contributed by atoms with Crippen LogP contribution in [0.3, 0.4) is 0 Å². The molecule has 0 saturated carbocycles. The summed E-state index contributed by atoms with van der Waals surface area (Å²) in [5.41, 5.74) is 0.848. The van der Waals surface area contributed by atoms with E-state index in [-0.39, 0.29) is 0 Å². The Balaban J connectivity index is 2.27. The van der Waals surface area contributed by atoms with E-state index in [1.165, 1.54) is 6.20 Å². The van der Waals surface area contributed by atoms with Crippen LogP contribution in [0.15, 0.2) is 35.1 Å². The first-order valence-corrected chi connectivity index (χ1v) is 5.89. The average molecular weight is 319 g/mol. The van der Waals surface area contributed by atoms with E-state index in [9.17, 15) is 0 Å². The van der Waals surface area contributed by atoms with Crippen molar-refractivity contribution < 1.29 is 0 Å². The highest BCUT2D eigenvalue weighted by atomic mass is 79.9. The first kappa shape index (κ1) is 11.6. The van der Waals surface area contributed by atoms with Crippen molar-refractivity contribution in [1.29, 1.82) is 0 Å². The molecule has 0 fully saturated rings. The maximum absolute atomic E-state index is 5.84. The fourth-order valence-corrected chi connectivity index (χ4v) is 2.06. The number of rotatable bonds is 2. The molecule has 1 heterocycles. The smallest absolute Gasteiger partial charge is 0.150 e. The lowest BCUT2D eigenvalue weighted by Crippen LogP contribution is -1.95. The predicted molar refractivity (Wildman–Crippen MR) is 69.5 cm³/mol. The maximum atomic E-state index is 5.84. The van der Waals surface area contributed by atoms with Gasteiger partial charge in [0.05, 0.1) is 18.1 Å². The zero-order valence-electron chi connectivity index (χ0n) is 7.92. The Bertz CT molecular complexity index is 519. The highest BCUT2D eigenvalue weighted by Crippen LogP contribution is 2.28. The number of benzene rings is 1. The van der Waals surface area contributed by atoms with Gasteiger partial charge in [0.25, 0.3) is 0 Å². The molecule has 1 aromatic heterocycles. The van der Waals surface area contributed by atoms with E-state index in [2.05, 4.69) is 31.2 Å². The third-order valence-corrected chi connectivity index (χ3v) is 2.87. The number of nitrogens with one attached hydrogen (secondary N) is 1. The number of hydrogen-bond donors (Lipinski definition) is 1. The monoisotopic (exact) mass is 317 g/mol. The summed E-state index contributed by atoms with van der Waals surface area (Å²) in [4.78, 5) is 8.00. The van der Waals surface area contributed by atoms with Gasteiger partial charge in [-0.15, -0.1) is 0 Å². The lowest BCUT2D eigenvalue weighted by atomic mass is 10.3. The summed E-state index contributed by atoms with van der Waals surface area (Å²) in [6.45, 7) is 0. The molecular formula is C10H6BrCl2N3. The second-order valence-corrected chi connectivity index (χ2v) is 4.65. The van der Waals surface area contributed by atoms with Gasteiger partial charge in [0, 0.05) is 9.50 Å². The molecular weight excluding hydrogens is 313 g/mol. The molecule has 1 aromatic carbocycles. The van der Waals surface area contributed by atoms with Crippen LogP contribution in [0.4, 0.5) is 11.5 Å². The van der Waals surface area contributed by atoms with E-state index in [1.807, 2.05) is 6.07 Å². The van der Waals surface area contributed by atoms with Gasteiger partial charge in [-0.1, -0.05) is 23.2 Å². The fraction of sp³-hybridized carbons (Fsp3) is 0. The molecule has 0 aliphatic heterocycles. The average Bonchev–Trinajstić information content (AvgIpc) is 2.22. The zero-order valence-corrected chi connectivity index (χ0v) is 11.0. The van der Waals surface area contributed by atoms with Gasteiger partial charge < -0.3 is 5.32 Å². The van der Waals surface area contributed by atoms with E-state index < -0.39 is 0 Å². The van der Waals surface area contributed by atoms with Crippen molar-refractivity contribution in [3.05, 3.63) is 45.2 Å². The molecule has 0 saturated heterocycles. The summed E-state index contributed by atoms with van der Waals surface area (Å²) in [6.07, 6.45) is 3.07. The van der Waals surface area contributed by atoms with Crippen molar-refractivity contribution >= 4 is 50.6 Å². The molecule has 82 valence electrons. The number of anilines is 2. The normalized spacial score (nSPS) is 10.2. The lowest BCUT2D eigenvalue weighted by Gasteiger charge is -2.07. The van der Waals surface area contributed by atoms with E-state index in [0.29, 0.717) is 16.0 Å². The summed E-state index contributed by atoms with van der Waals surface area (Å²) in [5, 5.41) is 4.08. The Hall–Kier alpha value is -0.840. The van der Waals surface area contributed by atoms with Crippen molar-refractivity contribution in [3.63, 3.8) is 0 Å². The van der Waals surface area contributed by atoms with Gasteiger partial charge in [-0.3, -0.25) is 4.98 Å². The minimum absolute atomic E-state index is 0.343. The van der Waals surface area contributed by atoms with Gasteiger partial charge in [-0.25, -0.2) is 4.98 Å². The van der Waals surface area contributed by atoms with Crippen LogP contribution < -0.4 is 5.32 Å².